The summed E-state index contributed by atoms with van der Waals surface area (Å²) in [5, 5.41) is 0. The molecule has 0 saturated carbocycles. The summed E-state index contributed by atoms with van der Waals surface area (Å²) in [6.07, 6.45) is -5.68. The number of nitrogens with zero attached hydrogens (tertiary/aromatic N) is 1. The second kappa shape index (κ2) is 2.79. The molecule has 1 radical (unpaired) electrons. The minimum atomic E-state index is -4.58. The first-order chi connectivity index (χ1) is 4.58. The maximum absolute atomic E-state index is 11.4. The van der Waals surface area contributed by atoms with Gasteiger partial charge in [-0.25, -0.2) is 4.99 Å². The monoisotopic (exact) mass is 170 g/mol. The number of alkyl halides is 3. The van der Waals surface area contributed by atoms with Crippen molar-refractivity contribution in [3.05, 3.63) is 0 Å². The Bertz CT molecular complexity index is 146. The van der Waals surface area contributed by atoms with E-state index < -0.39 is 12.6 Å². The molecule has 10 heavy (non-hydrogen) atoms. The van der Waals surface area contributed by atoms with Gasteiger partial charge in [0.2, 0.25) is 0 Å². The van der Waals surface area contributed by atoms with Crippen LogP contribution in [-0.2, 0) is 4.74 Å². The van der Waals surface area contributed by atoms with E-state index in [0.717, 1.165) is 11.8 Å². The molecule has 0 aromatic rings. The van der Waals surface area contributed by atoms with Crippen molar-refractivity contribution in [1.82, 2.24) is 0 Å². The normalized spacial score (nSPS) is 25.7. The third kappa shape index (κ3) is 2.57. The highest BCUT2D eigenvalue weighted by molar-refractivity contribution is 8.12. The van der Waals surface area contributed by atoms with Gasteiger partial charge in [0.25, 0.3) is 0 Å². The van der Waals surface area contributed by atoms with Gasteiger partial charge in [-0.1, -0.05) is 11.8 Å². The maximum Gasteiger partial charge on any atom is 0.524 e. The minimum absolute atomic E-state index is 0.194. The van der Waals surface area contributed by atoms with Crippen LogP contribution in [0.4, 0.5) is 13.2 Å². The lowest BCUT2D eigenvalue weighted by Crippen LogP contribution is -2.22. The van der Waals surface area contributed by atoms with Crippen molar-refractivity contribution in [3.63, 3.8) is 0 Å². The van der Waals surface area contributed by atoms with E-state index in [1.807, 2.05) is 0 Å². The summed E-state index contributed by atoms with van der Waals surface area (Å²) in [6.45, 7) is 0. The third-order valence-corrected chi connectivity index (χ3v) is 1.44. The van der Waals surface area contributed by atoms with Crippen LogP contribution in [0.1, 0.15) is 0 Å². The molecule has 1 aliphatic heterocycles. The van der Waals surface area contributed by atoms with Crippen LogP contribution < -0.4 is 0 Å². The Labute approximate surface area is 59.5 Å². The third-order valence-electron chi connectivity index (χ3n) is 0.757. The number of hydrogen-bond donors (Lipinski definition) is 0. The molecule has 2 nitrogen and oxygen atoms in total. The molecule has 0 aliphatic carbocycles. The molecule has 57 valence electrons. The van der Waals surface area contributed by atoms with E-state index in [2.05, 4.69) is 15.3 Å². The highest BCUT2D eigenvalue weighted by Crippen LogP contribution is 2.23. The summed E-state index contributed by atoms with van der Waals surface area (Å²) in [5.74, 6) is 0.194. The van der Waals surface area contributed by atoms with Crippen molar-refractivity contribution in [3.8, 4) is 0 Å². The zero-order chi connectivity index (χ0) is 7.61. The van der Waals surface area contributed by atoms with Crippen molar-refractivity contribution >= 4 is 17.3 Å². The fraction of sp³-hybridized carbons (Fsp3) is 0.750. The molecule has 1 aliphatic rings. The van der Waals surface area contributed by atoms with E-state index in [9.17, 15) is 13.2 Å². The molecule has 0 spiro atoms. The molecule has 0 aromatic heterocycles. The number of rotatable bonds is 1. The van der Waals surface area contributed by atoms with Crippen molar-refractivity contribution < 1.29 is 17.9 Å². The number of ether oxygens (including phenoxy) is 1. The fourth-order valence-electron chi connectivity index (χ4n) is 0.457. The highest BCUT2D eigenvalue weighted by Gasteiger charge is 2.34. The fourth-order valence-corrected chi connectivity index (χ4v) is 1.01. The Morgan fingerprint density at radius 3 is 2.70 bits per heavy atom. The summed E-state index contributed by atoms with van der Waals surface area (Å²) in [4.78, 5) is 3.29. The average molecular weight is 170 g/mol. The SMILES string of the molecule is FC(F)(F)OC1CS[C]=N1. The Kier molecular flexibility index (Phi) is 2.20. The van der Waals surface area contributed by atoms with Gasteiger partial charge >= 0.3 is 6.36 Å². The summed E-state index contributed by atoms with van der Waals surface area (Å²) < 4.78 is 37.7. The van der Waals surface area contributed by atoms with Gasteiger partial charge in [-0.05, 0) is 0 Å². The van der Waals surface area contributed by atoms with Crippen LogP contribution in [0, 0.1) is 0 Å². The molecule has 0 aromatic carbocycles. The number of hydrogen-bond acceptors (Lipinski definition) is 3. The van der Waals surface area contributed by atoms with Crippen LogP contribution in [0.15, 0.2) is 4.99 Å². The van der Waals surface area contributed by atoms with Crippen molar-refractivity contribution in [2.45, 2.75) is 12.6 Å². The predicted octanol–water partition coefficient (Wildman–Crippen LogP) is 1.50. The van der Waals surface area contributed by atoms with Crippen molar-refractivity contribution in [2.24, 2.45) is 4.99 Å². The second-order valence-electron chi connectivity index (χ2n) is 1.55. The Balaban J connectivity index is 2.31. The highest BCUT2D eigenvalue weighted by atomic mass is 32.2. The average Bonchev–Trinajstić information content (AvgIpc) is 2.12. The topological polar surface area (TPSA) is 21.6 Å². The quantitative estimate of drug-likeness (QED) is 0.594. The number of aliphatic imine (C=N–C) groups is 1. The molecule has 0 N–H and O–H groups in total. The molecule has 0 fully saturated rings. The molecular formula is C4H3F3NOS. The summed E-state index contributed by atoms with van der Waals surface area (Å²) >= 11 is 1.08. The van der Waals surface area contributed by atoms with Crippen LogP contribution in [0.25, 0.3) is 0 Å². The standard InChI is InChI=1S/C4H3F3NOS/c5-4(6,7)9-3-1-10-2-8-3/h3H,1H2. The van der Waals surface area contributed by atoms with E-state index in [1.54, 1.807) is 0 Å². The van der Waals surface area contributed by atoms with Crippen LogP contribution in [0.3, 0.4) is 0 Å². The van der Waals surface area contributed by atoms with E-state index >= 15 is 0 Å². The number of thioether (sulfide) groups is 1. The first kappa shape index (κ1) is 7.87. The molecular weight excluding hydrogens is 167 g/mol. The number of halogens is 3. The van der Waals surface area contributed by atoms with Crippen LogP contribution >= 0.6 is 11.8 Å². The zero-order valence-corrected chi connectivity index (χ0v) is 5.50. The lowest BCUT2D eigenvalue weighted by Gasteiger charge is -2.09. The molecule has 0 bridgehead atoms. The molecule has 0 amide bonds. The largest absolute Gasteiger partial charge is 0.524 e. The predicted molar refractivity (Wildman–Crippen MR) is 30.8 cm³/mol. The van der Waals surface area contributed by atoms with Gasteiger partial charge in [-0.15, -0.1) is 13.2 Å². The molecule has 6 heteroatoms. The summed E-state index contributed by atoms with van der Waals surface area (Å²) in [5.41, 5.74) is 2.31. The first-order valence-corrected chi connectivity index (χ1v) is 3.38. The second-order valence-corrected chi connectivity index (χ2v) is 2.35. The summed E-state index contributed by atoms with van der Waals surface area (Å²) in [6, 6.07) is 0. The van der Waals surface area contributed by atoms with Gasteiger partial charge in [-0.2, -0.15) is 0 Å². The zero-order valence-electron chi connectivity index (χ0n) is 4.68. The van der Waals surface area contributed by atoms with Gasteiger partial charge in [0.05, 0.1) is 0 Å². The van der Waals surface area contributed by atoms with E-state index in [0.29, 0.717) is 0 Å². The molecule has 1 rings (SSSR count). The van der Waals surface area contributed by atoms with Crippen LogP contribution in [0.2, 0.25) is 0 Å². The van der Waals surface area contributed by atoms with Crippen LogP contribution in [0.5, 0.6) is 0 Å². The summed E-state index contributed by atoms with van der Waals surface area (Å²) in [7, 11) is 0. The Hall–Kier alpha value is -0.230. The van der Waals surface area contributed by atoms with E-state index in [-0.39, 0.29) is 5.75 Å². The smallest absolute Gasteiger partial charge is 0.265 e. The van der Waals surface area contributed by atoms with Gasteiger partial charge in [0, 0.05) is 5.75 Å². The Morgan fingerprint density at radius 2 is 2.30 bits per heavy atom. The Morgan fingerprint density at radius 1 is 1.60 bits per heavy atom. The van der Waals surface area contributed by atoms with Gasteiger partial charge in [0.15, 0.2) is 6.23 Å². The molecule has 1 heterocycles. The molecule has 1 atom stereocenters. The van der Waals surface area contributed by atoms with E-state index in [4.69, 9.17) is 0 Å². The molecule has 0 saturated heterocycles. The van der Waals surface area contributed by atoms with Gasteiger partial charge < -0.3 is 0 Å². The lowest BCUT2D eigenvalue weighted by molar-refractivity contribution is -0.338. The van der Waals surface area contributed by atoms with Gasteiger partial charge in [0.1, 0.15) is 5.55 Å². The molecule has 1 unspecified atom stereocenters. The van der Waals surface area contributed by atoms with Crippen molar-refractivity contribution in [1.29, 1.82) is 0 Å². The van der Waals surface area contributed by atoms with E-state index in [1.165, 1.54) is 0 Å². The minimum Gasteiger partial charge on any atom is -0.265 e. The van der Waals surface area contributed by atoms with Crippen LogP contribution in [-0.4, -0.2) is 23.9 Å². The first-order valence-electron chi connectivity index (χ1n) is 2.39. The maximum atomic E-state index is 11.4. The van der Waals surface area contributed by atoms with Gasteiger partial charge in [-0.3, -0.25) is 4.74 Å². The lowest BCUT2D eigenvalue weighted by atomic mass is 10.7. The van der Waals surface area contributed by atoms with Crippen molar-refractivity contribution in [2.75, 3.05) is 5.75 Å².